The molecule has 0 aliphatic carbocycles. The third-order valence-electron chi connectivity index (χ3n) is 4.95. The van der Waals surface area contributed by atoms with E-state index in [4.69, 9.17) is 0 Å². The highest BCUT2D eigenvalue weighted by atomic mass is 79.9. The van der Waals surface area contributed by atoms with Gasteiger partial charge in [0.15, 0.2) is 0 Å². The molecule has 2 aromatic rings. The number of urea groups is 1. The van der Waals surface area contributed by atoms with Crippen molar-refractivity contribution in [3.63, 3.8) is 0 Å². The van der Waals surface area contributed by atoms with E-state index in [1.54, 1.807) is 6.92 Å². The zero-order valence-corrected chi connectivity index (χ0v) is 17.5. The summed E-state index contributed by atoms with van der Waals surface area (Å²) in [7, 11) is 0. The van der Waals surface area contributed by atoms with Crippen LogP contribution in [0.3, 0.4) is 0 Å². The number of benzene rings is 2. The molecule has 0 saturated carbocycles. The fraction of sp³-hybridized carbons (Fsp3) is 0.286. The molecule has 146 valence electrons. The minimum atomic E-state index is -1.18. The molecule has 1 heterocycles. The van der Waals surface area contributed by atoms with Gasteiger partial charge in [-0.05, 0) is 44.0 Å². The number of imide groups is 1. The van der Waals surface area contributed by atoms with Crippen molar-refractivity contribution in [1.29, 1.82) is 0 Å². The van der Waals surface area contributed by atoms with E-state index in [0.29, 0.717) is 5.56 Å². The first-order valence-electron chi connectivity index (χ1n) is 8.97. The Morgan fingerprint density at radius 2 is 1.75 bits per heavy atom. The van der Waals surface area contributed by atoms with Crippen molar-refractivity contribution < 1.29 is 14.4 Å². The molecule has 0 aromatic heterocycles. The van der Waals surface area contributed by atoms with Gasteiger partial charge in [0.2, 0.25) is 5.91 Å². The van der Waals surface area contributed by atoms with Crippen LogP contribution >= 0.6 is 15.9 Å². The minimum Gasteiger partial charge on any atom is -0.348 e. The van der Waals surface area contributed by atoms with E-state index in [1.807, 2.05) is 62.4 Å². The smallest absolute Gasteiger partial charge is 0.325 e. The number of nitrogens with one attached hydrogen (secondary N) is 2. The molecule has 0 unspecified atom stereocenters. The average Bonchev–Trinajstić information content (AvgIpc) is 2.86. The average molecular weight is 444 g/mol. The number of carbonyl (C=O) groups is 3. The summed E-state index contributed by atoms with van der Waals surface area (Å²) in [5.41, 5.74) is 1.49. The fourth-order valence-corrected chi connectivity index (χ4v) is 3.45. The van der Waals surface area contributed by atoms with Gasteiger partial charge in [-0.1, -0.05) is 57.9 Å². The van der Waals surface area contributed by atoms with Crippen LogP contribution in [0.15, 0.2) is 53.0 Å². The molecular formula is C21H22BrN3O3. The lowest BCUT2D eigenvalue weighted by Gasteiger charge is -2.22. The van der Waals surface area contributed by atoms with Crippen LogP contribution in [0.25, 0.3) is 0 Å². The van der Waals surface area contributed by atoms with Crippen molar-refractivity contribution in [3.8, 4) is 0 Å². The molecule has 1 fully saturated rings. The quantitative estimate of drug-likeness (QED) is 0.694. The molecule has 1 aliphatic rings. The Balaban J connectivity index is 1.69. The minimum absolute atomic E-state index is 0.246. The third-order valence-corrected chi connectivity index (χ3v) is 5.48. The molecule has 7 heteroatoms. The number of aryl methyl sites for hydroxylation is 1. The van der Waals surface area contributed by atoms with Gasteiger partial charge in [0.25, 0.3) is 5.91 Å². The maximum atomic E-state index is 12.9. The normalized spacial score (nSPS) is 20.1. The summed E-state index contributed by atoms with van der Waals surface area (Å²) in [6.07, 6.45) is 0. The zero-order valence-electron chi connectivity index (χ0n) is 16.0. The van der Waals surface area contributed by atoms with Gasteiger partial charge in [0.1, 0.15) is 12.1 Å². The van der Waals surface area contributed by atoms with Crippen LogP contribution in [-0.2, 0) is 15.1 Å². The molecule has 0 bridgehead atoms. The van der Waals surface area contributed by atoms with Crippen LogP contribution in [0.1, 0.15) is 36.6 Å². The van der Waals surface area contributed by atoms with Crippen LogP contribution in [0.5, 0.6) is 0 Å². The van der Waals surface area contributed by atoms with Gasteiger partial charge in [-0.15, -0.1) is 0 Å². The largest absolute Gasteiger partial charge is 0.348 e. The van der Waals surface area contributed by atoms with E-state index in [1.165, 1.54) is 0 Å². The second kappa shape index (κ2) is 7.75. The highest BCUT2D eigenvalue weighted by Crippen LogP contribution is 2.29. The number of hydrogen-bond acceptors (Lipinski definition) is 3. The van der Waals surface area contributed by atoms with E-state index in [2.05, 4.69) is 26.6 Å². The Morgan fingerprint density at radius 1 is 1.14 bits per heavy atom. The lowest BCUT2D eigenvalue weighted by molar-refractivity contribution is -0.135. The molecule has 6 nitrogen and oxygen atoms in total. The fourth-order valence-electron chi connectivity index (χ4n) is 3.19. The van der Waals surface area contributed by atoms with Crippen molar-refractivity contribution in [3.05, 3.63) is 69.7 Å². The molecule has 0 spiro atoms. The highest BCUT2D eigenvalue weighted by Gasteiger charge is 2.49. The molecule has 2 atom stereocenters. The third kappa shape index (κ3) is 3.94. The molecule has 2 N–H and O–H groups in total. The van der Waals surface area contributed by atoms with E-state index in [9.17, 15) is 14.4 Å². The van der Waals surface area contributed by atoms with Crippen LogP contribution in [0.4, 0.5) is 4.79 Å². The first kappa shape index (κ1) is 20.1. The number of halogens is 1. The van der Waals surface area contributed by atoms with Crippen LogP contribution in [0.2, 0.25) is 0 Å². The molecule has 4 amide bonds. The van der Waals surface area contributed by atoms with E-state index < -0.39 is 23.4 Å². The van der Waals surface area contributed by atoms with Gasteiger partial charge in [-0.2, -0.15) is 0 Å². The van der Waals surface area contributed by atoms with Gasteiger partial charge in [0, 0.05) is 4.47 Å². The highest BCUT2D eigenvalue weighted by molar-refractivity contribution is 9.10. The molecule has 1 aliphatic heterocycles. The molecule has 3 rings (SSSR count). The molecule has 0 radical (unpaired) electrons. The molecule has 28 heavy (non-hydrogen) atoms. The number of hydrogen-bond donors (Lipinski definition) is 2. The Hall–Kier alpha value is -2.67. The summed E-state index contributed by atoms with van der Waals surface area (Å²) in [5, 5.41) is 5.54. The van der Waals surface area contributed by atoms with E-state index in [-0.39, 0.29) is 12.6 Å². The van der Waals surface area contributed by atoms with Crippen molar-refractivity contribution >= 4 is 33.8 Å². The standard InChI is InChI=1S/C21H22BrN3O3/c1-13-4-8-16(9-5-13)21(3)19(27)25(20(28)24-21)12-18(26)23-14(2)15-6-10-17(22)11-7-15/h4-11,14H,12H2,1-3H3,(H,23,26)(H,24,28)/t14-,21+/m1/s1. The van der Waals surface area contributed by atoms with E-state index >= 15 is 0 Å². The summed E-state index contributed by atoms with van der Waals surface area (Å²) in [5.74, 6) is -0.833. The number of carbonyl (C=O) groups excluding carboxylic acids is 3. The predicted molar refractivity (Wildman–Crippen MR) is 109 cm³/mol. The van der Waals surface area contributed by atoms with Gasteiger partial charge in [-0.3, -0.25) is 14.5 Å². The maximum Gasteiger partial charge on any atom is 0.325 e. The topological polar surface area (TPSA) is 78.5 Å². The molecule has 1 saturated heterocycles. The van der Waals surface area contributed by atoms with Crippen LogP contribution < -0.4 is 10.6 Å². The number of nitrogens with zero attached hydrogens (tertiary/aromatic N) is 1. The van der Waals surface area contributed by atoms with Gasteiger partial charge in [-0.25, -0.2) is 4.79 Å². The summed E-state index contributed by atoms with van der Waals surface area (Å²) >= 11 is 3.37. The Labute approximate surface area is 172 Å². The lowest BCUT2D eigenvalue weighted by Crippen LogP contribution is -2.43. The maximum absolute atomic E-state index is 12.9. The van der Waals surface area contributed by atoms with Gasteiger partial charge < -0.3 is 10.6 Å². The lowest BCUT2D eigenvalue weighted by atomic mass is 9.91. The Morgan fingerprint density at radius 3 is 2.36 bits per heavy atom. The Kier molecular flexibility index (Phi) is 5.56. The monoisotopic (exact) mass is 443 g/mol. The summed E-state index contributed by atoms with van der Waals surface area (Å²) in [6, 6.07) is 14.2. The van der Waals surface area contributed by atoms with Crippen molar-refractivity contribution in [2.24, 2.45) is 0 Å². The summed E-state index contributed by atoms with van der Waals surface area (Å²) in [4.78, 5) is 38.7. The predicted octanol–water partition coefficient (Wildman–Crippen LogP) is 3.40. The van der Waals surface area contributed by atoms with E-state index in [0.717, 1.165) is 20.5 Å². The molecular weight excluding hydrogens is 422 g/mol. The van der Waals surface area contributed by atoms with Crippen molar-refractivity contribution in [2.45, 2.75) is 32.4 Å². The second-order valence-corrected chi connectivity index (χ2v) is 8.07. The summed E-state index contributed by atoms with van der Waals surface area (Å²) < 4.78 is 0.949. The Bertz CT molecular complexity index is 911. The van der Waals surface area contributed by atoms with Crippen LogP contribution in [0, 0.1) is 6.92 Å². The van der Waals surface area contributed by atoms with Gasteiger partial charge >= 0.3 is 6.03 Å². The van der Waals surface area contributed by atoms with Gasteiger partial charge in [0.05, 0.1) is 6.04 Å². The number of amides is 4. The first-order chi connectivity index (χ1) is 13.2. The van der Waals surface area contributed by atoms with Crippen molar-refractivity contribution in [1.82, 2.24) is 15.5 Å². The van der Waals surface area contributed by atoms with Crippen molar-refractivity contribution in [2.75, 3.05) is 6.54 Å². The first-order valence-corrected chi connectivity index (χ1v) is 9.76. The van der Waals surface area contributed by atoms with Crippen LogP contribution in [-0.4, -0.2) is 29.3 Å². The second-order valence-electron chi connectivity index (χ2n) is 7.15. The summed E-state index contributed by atoms with van der Waals surface area (Å²) in [6.45, 7) is 5.13. The number of rotatable bonds is 5. The zero-order chi connectivity index (χ0) is 20.5. The SMILES string of the molecule is Cc1ccc([C@]2(C)NC(=O)N(CC(=O)N[C@H](C)c3ccc(Br)cc3)C2=O)cc1. The molecule has 2 aromatic carbocycles.